The molecule has 0 spiro atoms. The lowest BCUT2D eigenvalue weighted by Crippen LogP contribution is -2.30. The maximum atomic E-state index is 11.5. The van der Waals surface area contributed by atoms with Crippen molar-refractivity contribution >= 4 is 27.9 Å². The molecule has 0 radical (unpaired) electrons. The van der Waals surface area contributed by atoms with Crippen LogP contribution in [-0.2, 0) is 4.74 Å². The fraction of sp³-hybridized carbons (Fsp3) is 0.273. The number of ether oxygens (including phenoxy) is 1. The van der Waals surface area contributed by atoms with E-state index in [2.05, 4.69) is 21.2 Å². The number of hydrogen-bond donors (Lipinski definition) is 2. The Morgan fingerprint density at radius 2 is 1.94 bits per heavy atom. The summed E-state index contributed by atoms with van der Waals surface area (Å²) < 4.78 is 5.91. The van der Waals surface area contributed by atoms with Crippen molar-refractivity contribution in [2.24, 2.45) is 5.73 Å². The van der Waals surface area contributed by atoms with Gasteiger partial charge in [0.15, 0.2) is 0 Å². The molecule has 0 atom stereocenters. The van der Waals surface area contributed by atoms with Crippen molar-refractivity contribution in [1.29, 1.82) is 0 Å². The van der Waals surface area contributed by atoms with Crippen molar-refractivity contribution < 1.29 is 14.3 Å². The van der Waals surface area contributed by atoms with E-state index < -0.39 is 6.03 Å². The van der Waals surface area contributed by atoms with Crippen LogP contribution in [0.5, 0.6) is 0 Å². The highest BCUT2D eigenvalue weighted by molar-refractivity contribution is 9.10. The summed E-state index contributed by atoms with van der Waals surface area (Å²) in [5, 5.41) is 2.41. The van der Waals surface area contributed by atoms with Crippen LogP contribution in [0.1, 0.15) is 16.8 Å². The van der Waals surface area contributed by atoms with Crippen molar-refractivity contribution in [1.82, 2.24) is 5.32 Å². The van der Waals surface area contributed by atoms with Gasteiger partial charge in [-0.05, 0) is 30.7 Å². The van der Waals surface area contributed by atoms with Crippen LogP contribution in [0.3, 0.4) is 0 Å². The second-order valence-electron chi connectivity index (χ2n) is 3.29. The highest BCUT2D eigenvalue weighted by atomic mass is 79.9. The molecule has 5 nitrogen and oxygen atoms in total. The van der Waals surface area contributed by atoms with E-state index in [1.54, 1.807) is 24.3 Å². The summed E-state index contributed by atoms with van der Waals surface area (Å²) >= 11 is 3.28. The monoisotopic (exact) mass is 300 g/mol. The fourth-order valence-electron chi connectivity index (χ4n) is 1.12. The molecule has 0 saturated carbocycles. The van der Waals surface area contributed by atoms with E-state index in [4.69, 9.17) is 10.5 Å². The molecule has 1 aromatic rings. The zero-order chi connectivity index (χ0) is 12.7. The SMILES string of the molecule is NC(=O)NCCCOC(=O)c1ccc(Br)cc1. The van der Waals surface area contributed by atoms with Gasteiger partial charge in [-0.2, -0.15) is 0 Å². The summed E-state index contributed by atoms with van der Waals surface area (Å²) in [6, 6.07) is 6.31. The van der Waals surface area contributed by atoms with Gasteiger partial charge in [-0.25, -0.2) is 9.59 Å². The molecule has 0 fully saturated rings. The van der Waals surface area contributed by atoms with Gasteiger partial charge in [-0.15, -0.1) is 0 Å². The molecular formula is C11H13BrN2O3. The third-order valence-corrected chi connectivity index (χ3v) is 2.46. The number of rotatable bonds is 5. The third-order valence-electron chi connectivity index (χ3n) is 1.93. The van der Waals surface area contributed by atoms with E-state index in [1.165, 1.54) is 0 Å². The minimum Gasteiger partial charge on any atom is -0.462 e. The first-order valence-corrected chi connectivity index (χ1v) is 5.85. The molecule has 0 saturated heterocycles. The minimum absolute atomic E-state index is 0.245. The number of urea groups is 1. The van der Waals surface area contributed by atoms with Gasteiger partial charge in [0.1, 0.15) is 0 Å². The van der Waals surface area contributed by atoms with Crippen LogP contribution < -0.4 is 11.1 Å². The smallest absolute Gasteiger partial charge is 0.338 e. The predicted molar refractivity (Wildman–Crippen MR) is 66.6 cm³/mol. The third kappa shape index (κ3) is 5.35. The standard InChI is InChI=1S/C11H13BrN2O3/c12-9-4-2-8(3-5-9)10(15)17-7-1-6-14-11(13)16/h2-5H,1,6-7H2,(H3,13,14,16). The summed E-state index contributed by atoms with van der Waals surface area (Å²) in [5.41, 5.74) is 5.37. The first kappa shape index (κ1) is 13.5. The highest BCUT2D eigenvalue weighted by Gasteiger charge is 2.05. The highest BCUT2D eigenvalue weighted by Crippen LogP contribution is 2.11. The Bertz CT molecular complexity index is 392. The quantitative estimate of drug-likeness (QED) is 0.641. The Kier molecular flexibility index (Phi) is 5.48. The molecule has 1 rings (SSSR count). The van der Waals surface area contributed by atoms with Crippen molar-refractivity contribution in [3.05, 3.63) is 34.3 Å². The van der Waals surface area contributed by atoms with E-state index in [0.29, 0.717) is 18.5 Å². The molecule has 1 aromatic carbocycles. The minimum atomic E-state index is -0.579. The van der Waals surface area contributed by atoms with Gasteiger partial charge in [0.2, 0.25) is 0 Å². The Balaban J connectivity index is 2.25. The topological polar surface area (TPSA) is 81.4 Å². The van der Waals surface area contributed by atoms with Crippen molar-refractivity contribution in [2.75, 3.05) is 13.2 Å². The molecule has 0 bridgehead atoms. The van der Waals surface area contributed by atoms with E-state index in [-0.39, 0.29) is 12.6 Å². The van der Waals surface area contributed by atoms with Gasteiger partial charge < -0.3 is 15.8 Å². The molecule has 0 aliphatic carbocycles. The van der Waals surface area contributed by atoms with Gasteiger partial charge in [0.05, 0.1) is 12.2 Å². The molecule has 0 heterocycles. The first-order valence-electron chi connectivity index (χ1n) is 5.05. The van der Waals surface area contributed by atoms with Crippen LogP contribution in [0, 0.1) is 0 Å². The average Bonchev–Trinajstić information content (AvgIpc) is 2.29. The van der Waals surface area contributed by atoms with Gasteiger partial charge >= 0.3 is 12.0 Å². The van der Waals surface area contributed by atoms with Crippen molar-refractivity contribution in [3.63, 3.8) is 0 Å². The molecule has 0 aliphatic rings. The Labute approximate surface area is 107 Å². The maximum Gasteiger partial charge on any atom is 0.338 e. The van der Waals surface area contributed by atoms with Crippen molar-refractivity contribution in [3.8, 4) is 0 Å². The number of amides is 2. The summed E-state index contributed by atoms with van der Waals surface area (Å²) in [5.74, 6) is -0.378. The lowest BCUT2D eigenvalue weighted by molar-refractivity contribution is 0.0501. The molecule has 2 amide bonds. The van der Waals surface area contributed by atoms with Gasteiger partial charge in [-0.1, -0.05) is 15.9 Å². The van der Waals surface area contributed by atoms with E-state index >= 15 is 0 Å². The lowest BCUT2D eigenvalue weighted by Gasteiger charge is -2.05. The molecule has 0 aromatic heterocycles. The van der Waals surface area contributed by atoms with Gasteiger partial charge in [0, 0.05) is 11.0 Å². The van der Waals surface area contributed by atoms with Gasteiger partial charge in [0.25, 0.3) is 0 Å². The largest absolute Gasteiger partial charge is 0.462 e. The van der Waals surface area contributed by atoms with Crippen LogP contribution in [0.15, 0.2) is 28.7 Å². The normalized spacial score (nSPS) is 9.71. The second-order valence-corrected chi connectivity index (χ2v) is 4.20. The zero-order valence-electron chi connectivity index (χ0n) is 9.11. The molecule has 92 valence electrons. The number of carbonyl (C=O) groups is 2. The van der Waals surface area contributed by atoms with Crippen molar-refractivity contribution in [2.45, 2.75) is 6.42 Å². The van der Waals surface area contributed by atoms with Gasteiger partial charge in [-0.3, -0.25) is 0 Å². The Hall–Kier alpha value is -1.56. The van der Waals surface area contributed by atoms with Crippen LogP contribution in [-0.4, -0.2) is 25.2 Å². The number of primary amides is 1. The Morgan fingerprint density at radius 3 is 2.53 bits per heavy atom. The average molecular weight is 301 g/mol. The number of nitrogens with one attached hydrogen (secondary N) is 1. The number of nitrogens with two attached hydrogens (primary N) is 1. The second kappa shape index (κ2) is 6.90. The van der Waals surface area contributed by atoms with E-state index in [0.717, 1.165) is 4.47 Å². The maximum absolute atomic E-state index is 11.5. The van der Waals surface area contributed by atoms with E-state index in [1.807, 2.05) is 0 Å². The molecule has 6 heteroatoms. The number of benzene rings is 1. The number of carbonyl (C=O) groups excluding carboxylic acids is 2. The number of halogens is 1. The molecule has 3 N–H and O–H groups in total. The predicted octanol–water partition coefficient (Wildman–Crippen LogP) is 1.66. The fourth-order valence-corrected chi connectivity index (χ4v) is 1.38. The Morgan fingerprint density at radius 1 is 1.29 bits per heavy atom. The molecular weight excluding hydrogens is 288 g/mol. The molecule has 0 unspecified atom stereocenters. The lowest BCUT2D eigenvalue weighted by atomic mass is 10.2. The molecule has 0 aliphatic heterocycles. The number of esters is 1. The summed E-state index contributed by atoms with van der Waals surface area (Å²) in [4.78, 5) is 21.9. The van der Waals surface area contributed by atoms with Crippen LogP contribution in [0.4, 0.5) is 4.79 Å². The number of hydrogen-bond acceptors (Lipinski definition) is 3. The first-order chi connectivity index (χ1) is 8.09. The van der Waals surface area contributed by atoms with Crippen LogP contribution >= 0.6 is 15.9 Å². The summed E-state index contributed by atoms with van der Waals surface area (Å²) in [6.45, 7) is 0.637. The van der Waals surface area contributed by atoms with Crippen LogP contribution in [0.2, 0.25) is 0 Å². The molecule has 17 heavy (non-hydrogen) atoms. The summed E-state index contributed by atoms with van der Waals surface area (Å²) in [7, 11) is 0. The summed E-state index contributed by atoms with van der Waals surface area (Å²) in [6.07, 6.45) is 0.533. The van der Waals surface area contributed by atoms with Crippen LogP contribution in [0.25, 0.3) is 0 Å². The zero-order valence-corrected chi connectivity index (χ0v) is 10.7. The van der Waals surface area contributed by atoms with E-state index in [9.17, 15) is 9.59 Å².